The van der Waals surface area contributed by atoms with Gasteiger partial charge in [-0.05, 0) is 43.3 Å². The first kappa shape index (κ1) is 18.2. The second-order valence-corrected chi connectivity index (χ2v) is 6.18. The Kier molecular flexibility index (Phi) is 6.04. The lowest BCUT2D eigenvalue weighted by Gasteiger charge is -2.19. The fourth-order valence-corrected chi connectivity index (χ4v) is 2.70. The van der Waals surface area contributed by atoms with Crippen LogP contribution in [0.5, 0.6) is 0 Å². The number of halogens is 1. The summed E-state index contributed by atoms with van der Waals surface area (Å²) in [6.45, 7) is 3.36. The number of furan rings is 1. The molecule has 136 valence electrons. The average molecular weight is 375 g/mol. The maximum atomic E-state index is 12.3. The highest BCUT2D eigenvalue weighted by Crippen LogP contribution is 2.19. The zero-order valence-corrected chi connectivity index (χ0v) is 15.1. The zero-order valence-electron chi connectivity index (χ0n) is 14.3. The maximum absolute atomic E-state index is 12.3. The Bertz CT molecular complexity index is 848. The van der Waals surface area contributed by atoms with Crippen LogP contribution in [-0.4, -0.2) is 34.1 Å². The van der Waals surface area contributed by atoms with E-state index in [0.29, 0.717) is 34.8 Å². The summed E-state index contributed by atoms with van der Waals surface area (Å²) in [5, 5.41) is 11.4. The van der Waals surface area contributed by atoms with Crippen LogP contribution in [0.2, 0.25) is 5.02 Å². The summed E-state index contributed by atoms with van der Waals surface area (Å²) in [5.74, 6) is 1.14. The van der Waals surface area contributed by atoms with Gasteiger partial charge in [-0.2, -0.15) is 0 Å². The number of rotatable bonds is 8. The number of nitrogens with one attached hydrogen (secondary N) is 1. The van der Waals surface area contributed by atoms with E-state index < -0.39 is 0 Å². The first-order valence-corrected chi connectivity index (χ1v) is 8.66. The van der Waals surface area contributed by atoms with Gasteiger partial charge in [0.25, 0.3) is 5.89 Å². The molecule has 0 bridgehead atoms. The molecule has 0 saturated carbocycles. The Morgan fingerprint density at radius 2 is 2.15 bits per heavy atom. The van der Waals surface area contributed by atoms with E-state index in [1.165, 1.54) is 0 Å². The van der Waals surface area contributed by atoms with Gasteiger partial charge in [-0.3, -0.25) is 9.69 Å². The van der Waals surface area contributed by atoms with Gasteiger partial charge in [0, 0.05) is 10.7 Å². The second-order valence-electron chi connectivity index (χ2n) is 5.75. The Hall–Kier alpha value is -2.64. The summed E-state index contributed by atoms with van der Waals surface area (Å²) in [6.07, 6.45) is 2.44. The van der Waals surface area contributed by atoms with Crippen LogP contribution in [0, 0.1) is 0 Å². The molecule has 7 nitrogen and oxygen atoms in total. The Morgan fingerprint density at radius 3 is 2.88 bits per heavy atom. The van der Waals surface area contributed by atoms with Crippen LogP contribution in [0.4, 0.5) is 5.69 Å². The second kappa shape index (κ2) is 8.64. The number of hydrogen-bond donors (Lipinski definition) is 1. The van der Waals surface area contributed by atoms with E-state index in [2.05, 4.69) is 15.5 Å². The van der Waals surface area contributed by atoms with Gasteiger partial charge in [0.2, 0.25) is 11.8 Å². The van der Waals surface area contributed by atoms with Crippen LogP contribution in [0.15, 0.2) is 51.5 Å². The number of hydrogen-bond acceptors (Lipinski definition) is 6. The summed E-state index contributed by atoms with van der Waals surface area (Å²) in [7, 11) is 0. The van der Waals surface area contributed by atoms with Crippen LogP contribution in [0.1, 0.15) is 19.2 Å². The molecule has 2 heterocycles. The van der Waals surface area contributed by atoms with Crippen LogP contribution in [-0.2, 0) is 11.3 Å². The molecule has 0 spiro atoms. The minimum atomic E-state index is -0.133. The molecule has 0 aliphatic carbocycles. The molecule has 1 N–H and O–H groups in total. The van der Waals surface area contributed by atoms with Gasteiger partial charge >= 0.3 is 0 Å². The lowest BCUT2D eigenvalue weighted by Crippen LogP contribution is -2.33. The third-order valence-electron chi connectivity index (χ3n) is 3.57. The van der Waals surface area contributed by atoms with Gasteiger partial charge in [-0.15, -0.1) is 10.2 Å². The standard InChI is InChI=1S/C18H19ClN4O3/c1-2-8-23(11-16(24)20-14-6-3-5-13(19)10-14)12-17-21-22-18(26-17)15-7-4-9-25-15/h3-7,9-10H,2,8,11-12H2,1H3,(H,20,24). The fraction of sp³-hybridized carbons (Fsp3) is 0.278. The lowest BCUT2D eigenvalue weighted by molar-refractivity contribution is -0.117. The molecule has 0 atom stereocenters. The summed E-state index contributed by atoms with van der Waals surface area (Å²) in [5.41, 5.74) is 0.664. The molecule has 0 aliphatic rings. The molecule has 0 aliphatic heterocycles. The van der Waals surface area contributed by atoms with Gasteiger partial charge in [-0.25, -0.2) is 0 Å². The number of benzene rings is 1. The SMILES string of the molecule is CCCN(CC(=O)Nc1cccc(Cl)c1)Cc1nnc(-c2ccco2)o1. The van der Waals surface area contributed by atoms with Gasteiger partial charge < -0.3 is 14.2 Å². The van der Waals surface area contributed by atoms with E-state index >= 15 is 0 Å². The van der Waals surface area contributed by atoms with Crippen molar-refractivity contribution in [3.8, 4) is 11.7 Å². The predicted octanol–water partition coefficient (Wildman–Crippen LogP) is 3.83. The highest BCUT2D eigenvalue weighted by Gasteiger charge is 2.16. The molecule has 3 rings (SSSR count). The van der Waals surface area contributed by atoms with Crippen molar-refractivity contribution in [3.05, 3.63) is 53.6 Å². The van der Waals surface area contributed by atoms with Crippen LogP contribution in [0.3, 0.4) is 0 Å². The van der Waals surface area contributed by atoms with E-state index in [1.54, 1.807) is 42.7 Å². The van der Waals surface area contributed by atoms with Crippen LogP contribution in [0.25, 0.3) is 11.7 Å². The molecule has 0 radical (unpaired) electrons. The zero-order chi connectivity index (χ0) is 18.4. The number of carbonyl (C=O) groups is 1. The number of aromatic nitrogens is 2. The van der Waals surface area contributed by atoms with Crippen molar-refractivity contribution in [2.24, 2.45) is 0 Å². The summed E-state index contributed by atoms with van der Waals surface area (Å²) in [6, 6.07) is 10.5. The molecule has 0 unspecified atom stereocenters. The molecule has 3 aromatic rings. The van der Waals surface area contributed by atoms with Crippen LogP contribution >= 0.6 is 11.6 Å². The molecule has 0 saturated heterocycles. The number of nitrogens with zero attached hydrogens (tertiary/aromatic N) is 3. The van der Waals surface area contributed by atoms with Crippen LogP contribution < -0.4 is 5.32 Å². The summed E-state index contributed by atoms with van der Waals surface area (Å²) >= 11 is 5.94. The Morgan fingerprint density at radius 1 is 1.27 bits per heavy atom. The smallest absolute Gasteiger partial charge is 0.283 e. The lowest BCUT2D eigenvalue weighted by atomic mass is 10.3. The Balaban J connectivity index is 1.61. The minimum Gasteiger partial charge on any atom is -0.459 e. The molecular formula is C18H19ClN4O3. The van der Waals surface area contributed by atoms with E-state index in [0.717, 1.165) is 13.0 Å². The van der Waals surface area contributed by atoms with Crippen molar-refractivity contribution in [1.82, 2.24) is 15.1 Å². The molecule has 0 fully saturated rings. The molecule has 8 heteroatoms. The third-order valence-corrected chi connectivity index (χ3v) is 3.81. The highest BCUT2D eigenvalue weighted by molar-refractivity contribution is 6.30. The van der Waals surface area contributed by atoms with E-state index in [4.69, 9.17) is 20.4 Å². The minimum absolute atomic E-state index is 0.133. The summed E-state index contributed by atoms with van der Waals surface area (Å²) in [4.78, 5) is 14.3. The number of carbonyl (C=O) groups excluding carboxylic acids is 1. The van der Waals surface area contributed by atoms with Crippen molar-refractivity contribution in [1.29, 1.82) is 0 Å². The van der Waals surface area contributed by atoms with Gasteiger partial charge in [0.15, 0.2) is 5.76 Å². The molecule has 26 heavy (non-hydrogen) atoms. The van der Waals surface area contributed by atoms with Gasteiger partial charge in [-0.1, -0.05) is 24.6 Å². The first-order valence-electron chi connectivity index (χ1n) is 8.28. The predicted molar refractivity (Wildman–Crippen MR) is 97.6 cm³/mol. The number of amides is 1. The quantitative estimate of drug-likeness (QED) is 0.645. The first-order chi connectivity index (χ1) is 12.6. The maximum Gasteiger partial charge on any atom is 0.283 e. The Labute approximate surface area is 156 Å². The van der Waals surface area contributed by atoms with Gasteiger partial charge in [0.1, 0.15) is 0 Å². The van der Waals surface area contributed by atoms with E-state index in [-0.39, 0.29) is 12.5 Å². The van der Waals surface area contributed by atoms with E-state index in [1.807, 2.05) is 11.8 Å². The normalized spacial score (nSPS) is 11.0. The summed E-state index contributed by atoms with van der Waals surface area (Å²) < 4.78 is 10.9. The highest BCUT2D eigenvalue weighted by atomic mass is 35.5. The average Bonchev–Trinajstić information content (AvgIpc) is 3.26. The topological polar surface area (TPSA) is 84.4 Å². The van der Waals surface area contributed by atoms with Crippen molar-refractivity contribution >= 4 is 23.2 Å². The molecular weight excluding hydrogens is 356 g/mol. The van der Waals surface area contributed by atoms with Crippen molar-refractivity contribution in [2.75, 3.05) is 18.4 Å². The largest absolute Gasteiger partial charge is 0.459 e. The van der Waals surface area contributed by atoms with Crippen molar-refractivity contribution in [2.45, 2.75) is 19.9 Å². The van der Waals surface area contributed by atoms with E-state index in [9.17, 15) is 4.79 Å². The van der Waals surface area contributed by atoms with Gasteiger partial charge in [0.05, 0.1) is 19.4 Å². The van der Waals surface area contributed by atoms with Crippen molar-refractivity contribution in [3.63, 3.8) is 0 Å². The fourth-order valence-electron chi connectivity index (χ4n) is 2.51. The molecule has 1 amide bonds. The molecule has 1 aromatic carbocycles. The monoisotopic (exact) mass is 374 g/mol. The van der Waals surface area contributed by atoms with Crippen molar-refractivity contribution < 1.29 is 13.6 Å². The number of anilines is 1. The third kappa shape index (κ3) is 4.93. The molecule has 2 aromatic heterocycles.